The first-order valence-corrected chi connectivity index (χ1v) is 6.15. The molecule has 1 unspecified atom stereocenters. The lowest BCUT2D eigenvalue weighted by atomic mass is 9.95. The van der Waals surface area contributed by atoms with Crippen LogP contribution in [0.3, 0.4) is 0 Å². The Bertz CT molecular complexity index is 347. The summed E-state index contributed by atoms with van der Waals surface area (Å²) in [6.07, 6.45) is 3.60. The summed E-state index contributed by atoms with van der Waals surface area (Å²) in [6.45, 7) is 4.07. The minimum Gasteiger partial charge on any atom is -0.338 e. The molecule has 86 valence electrons. The van der Waals surface area contributed by atoms with Crippen LogP contribution < -0.4 is 0 Å². The first-order valence-electron chi connectivity index (χ1n) is 6.15. The Morgan fingerprint density at radius 2 is 2.12 bits per heavy atom. The highest BCUT2D eigenvalue weighted by Gasteiger charge is 2.22. The predicted molar refractivity (Wildman–Crippen MR) is 65.4 cm³/mol. The van der Waals surface area contributed by atoms with Gasteiger partial charge in [-0.1, -0.05) is 31.5 Å². The average molecular weight is 217 g/mol. The van der Waals surface area contributed by atoms with Gasteiger partial charge in [-0.15, -0.1) is 0 Å². The number of hydrogen-bond acceptors (Lipinski definition) is 1. The Kier molecular flexibility index (Phi) is 3.60. The molecule has 1 saturated heterocycles. The maximum absolute atomic E-state index is 12.2. The normalized spacial score (nSPS) is 20.8. The summed E-state index contributed by atoms with van der Waals surface area (Å²) in [5.41, 5.74) is 0.819. The third kappa shape index (κ3) is 2.43. The van der Waals surface area contributed by atoms with Crippen molar-refractivity contribution in [2.45, 2.75) is 26.2 Å². The number of hydrogen-bond donors (Lipinski definition) is 0. The third-order valence-electron chi connectivity index (χ3n) is 3.40. The van der Waals surface area contributed by atoms with E-state index in [0.717, 1.165) is 25.1 Å². The summed E-state index contributed by atoms with van der Waals surface area (Å²) >= 11 is 0. The molecule has 1 heterocycles. The lowest BCUT2D eigenvalue weighted by Gasteiger charge is -2.32. The van der Waals surface area contributed by atoms with Crippen molar-refractivity contribution in [1.82, 2.24) is 4.90 Å². The zero-order chi connectivity index (χ0) is 11.4. The zero-order valence-corrected chi connectivity index (χ0v) is 9.86. The van der Waals surface area contributed by atoms with Crippen LogP contribution in [0, 0.1) is 5.92 Å². The van der Waals surface area contributed by atoms with E-state index >= 15 is 0 Å². The van der Waals surface area contributed by atoms with Crippen molar-refractivity contribution in [3.63, 3.8) is 0 Å². The average Bonchev–Trinajstić information content (AvgIpc) is 2.39. The van der Waals surface area contributed by atoms with Crippen LogP contribution >= 0.6 is 0 Å². The van der Waals surface area contributed by atoms with E-state index in [-0.39, 0.29) is 5.91 Å². The van der Waals surface area contributed by atoms with Gasteiger partial charge in [0.05, 0.1) is 0 Å². The minimum atomic E-state index is 0.193. The molecule has 2 heteroatoms. The molecule has 1 aromatic rings. The summed E-state index contributed by atoms with van der Waals surface area (Å²) in [5, 5.41) is 0. The number of rotatable bonds is 2. The van der Waals surface area contributed by atoms with Crippen molar-refractivity contribution in [3.05, 3.63) is 35.9 Å². The van der Waals surface area contributed by atoms with Crippen LogP contribution in [0.15, 0.2) is 30.3 Å². The molecule has 1 aliphatic rings. The molecule has 16 heavy (non-hydrogen) atoms. The maximum Gasteiger partial charge on any atom is 0.253 e. The van der Waals surface area contributed by atoms with Crippen molar-refractivity contribution in [2.75, 3.05) is 13.1 Å². The second-order valence-electron chi connectivity index (χ2n) is 4.53. The molecule has 0 radical (unpaired) electrons. The van der Waals surface area contributed by atoms with Crippen LogP contribution in [0.1, 0.15) is 36.5 Å². The number of amides is 1. The Balaban J connectivity index is 2.05. The molecule has 0 bridgehead atoms. The van der Waals surface area contributed by atoms with E-state index in [2.05, 4.69) is 6.92 Å². The van der Waals surface area contributed by atoms with Gasteiger partial charge in [-0.05, 0) is 30.9 Å². The van der Waals surface area contributed by atoms with Crippen molar-refractivity contribution in [3.8, 4) is 0 Å². The van der Waals surface area contributed by atoms with Crippen molar-refractivity contribution in [1.29, 1.82) is 0 Å². The molecule has 1 amide bonds. The SMILES string of the molecule is CCC1CCCN(C(=O)c2ccccc2)C1. The molecule has 0 aromatic heterocycles. The Labute approximate surface area is 97.3 Å². The molecule has 2 nitrogen and oxygen atoms in total. The van der Waals surface area contributed by atoms with Gasteiger partial charge in [0, 0.05) is 18.7 Å². The topological polar surface area (TPSA) is 20.3 Å². The second-order valence-corrected chi connectivity index (χ2v) is 4.53. The summed E-state index contributed by atoms with van der Waals surface area (Å²) in [5.74, 6) is 0.889. The molecule has 1 atom stereocenters. The van der Waals surface area contributed by atoms with Crippen LogP contribution in [0.2, 0.25) is 0 Å². The van der Waals surface area contributed by atoms with Gasteiger partial charge in [-0.2, -0.15) is 0 Å². The predicted octanol–water partition coefficient (Wildman–Crippen LogP) is 2.95. The molecule has 1 fully saturated rings. The molecular formula is C14H19NO. The zero-order valence-electron chi connectivity index (χ0n) is 9.86. The second kappa shape index (κ2) is 5.15. The van der Waals surface area contributed by atoms with E-state index in [1.807, 2.05) is 35.2 Å². The molecule has 2 rings (SSSR count). The fraction of sp³-hybridized carbons (Fsp3) is 0.500. The lowest BCUT2D eigenvalue weighted by Crippen LogP contribution is -2.39. The summed E-state index contributed by atoms with van der Waals surface area (Å²) in [4.78, 5) is 14.2. The van der Waals surface area contributed by atoms with E-state index < -0.39 is 0 Å². The van der Waals surface area contributed by atoms with Crippen LogP contribution in [0.4, 0.5) is 0 Å². The quantitative estimate of drug-likeness (QED) is 0.746. The highest BCUT2D eigenvalue weighted by Crippen LogP contribution is 2.20. The van der Waals surface area contributed by atoms with Crippen molar-refractivity contribution >= 4 is 5.91 Å². The molecule has 0 aliphatic carbocycles. The van der Waals surface area contributed by atoms with Crippen molar-refractivity contribution < 1.29 is 4.79 Å². The first kappa shape index (κ1) is 11.2. The summed E-state index contributed by atoms with van der Waals surface area (Å²) < 4.78 is 0. The molecule has 1 aromatic carbocycles. The first-order chi connectivity index (χ1) is 7.81. The number of likely N-dealkylation sites (tertiary alicyclic amines) is 1. The maximum atomic E-state index is 12.2. The number of carbonyl (C=O) groups is 1. The van der Waals surface area contributed by atoms with Gasteiger partial charge in [0.25, 0.3) is 5.91 Å². The van der Waals surface area contributed by atoms with Gasteiger partial charge in [-0.3, -0.25) is 4.79 Å². The van der Waals surface area contributed by atoms with Gasteiger partial charge >= 0.3 is 0 Å². The van der Waals surface area contributed by atoms with E-state index in [9.17, 15) is 4.79 Å². The number of nitrogens with zero attached hydrogens (tertiary/aromatic N) is 1. The molecule has 0 N–H and O–H groups in total. The number of carbonyl (C=O) groups excluding carboxylic acids is 1. The van der Waals surface area contributed by atoms with E-state index in [1.54, 1.807) is 0 Å². The fourth-order valence-corrected chi connectivity index (χ4v) is 2.35. The van der Waals surface area contributed by atoms with Gasteiger partial charge in [0.1, 0.15) is 0 Å². The fourth-order valence-electron chi connectivity index (χ4n) is 2.35. The van der Waals surface area contributed by atoms with Gasteiger partial charge < -0.3 is 4.90 Å². The molecule has 0 spiro atoms. The smallest absolute Gasteiger partial charge is 0.253 e. The summed E-state index contributed by atoms with van der Waals surface area (Å²) in [7, 11) is 0. The standard InChI is InChI=1S/C14H19NO/c1-2-12-7-6-10-15(11-12)14(16)13-8-4-3-5-9-13/h3-5,8-9,12H,2,6-7,10-11H2,1H3. The molecule has 0 saturated carbocycles. The van der Waals surface area contributed by atoms with Gasteiger partial charge in [0.2, 0.25) is 0 Å². The highest BCUT2D eigenvalue weighted by molar-refractivity contribution is 5.94. The van der Waals surface area contributed by atoms with Crippen LogP contribution in [-0.2, 0) is 0 Å². The molecular weight excluding hydrogens is 198 g/mol. The number of piperidine rings is 1. The molecule has 1 aliphatic heterocycles. The monoisotopic (exact) mass is 217 g/mol. The van der Waals surface area contributed by atoms with E-state index in [1.165, 1.54) is 12.8 Å². The van der Waals surface area contributed by atoms with Gasteiger partial charge in [-0.25, -0.2) is 0 Å². The third-order valence-corrected chi connectivity index (χ3v) is 3.40. The lowest BCUT2D eigenvalue weighted by molar-refractivity contribution is 0.0671. The Hall–Kier alpha value is -1.31. The van der Waals surface area contributed by atoms with E-state index in [0.29, 0.717) is 5.92 Å². The minimum absolute atomic E-state index is 0.193. The summed E-state index contributed by atoms with van der Waals surface area (Å²) in [6, 6.07) is 9.60. The Morgan fingerprint density at radius 1 is 1.38 bits per heavy atom. The van der Waals surface area contributed by atoms with Crippen LogP contribution in [0.25, 0.3) is 0 Å². The van der Waals surface area contributed by atoms with Crippen LogP contribution in [0.5, 0.6) is 0 Å². The highest BCUT2D eigenvalue weighted by atomic mass is 16.2. The van der Waals surface area contributed by atoms with Gasteiger partial charge in [0.15, 0.2) is 0 Å². The van der Waals surface area contributed by atoms with E-state index in [4.69, 9.17) is 0 Å². The van der Waals surface area contributed by atoms with Crippen LogP contribution in [-0.4, -0.2) is 23.9 Å². The largest absolute Gasteiger partial charge is 0.338 e. The number of benzene rings is 1. The van der Waals surface area contributed by atoms with Crippen molar-refractivity contribution in [2.24, 2.45) is 5.92 Å². The Morgan fingerprint density at radius 3 is 2.81 bits per heavy atom.